The Labute approximate surface area is 654 Å². The Kier molecular flexibility index (Phi) is 75.0. The molecule has 5 unspecified atom stereocenters. The van der Waals surface area contributed by atoms with Crippen molar-refractivity contribution in [2.45, 2.75) is 316 Å². The number of ether oxygens (including phenoxy) is 4. The van der Waals surface area contributed by atoms with Gasteiger partial charge in [0.15, 0.2) is 12.2 Å². The molecule has 0 bridgehead atoms. The van der Waals surface area contributed by atoms with Crippen LogP contribution in [0, 0.1) is 0 Å². The van der Waals surface area contributed by atoms with E-state index in [0.717, 1.165) is 173 Å². The number of carbonyl (C=O) groups excluding carboxylic acids is 4. The molecular weight excluding hydrogens is 1400 g/mol. The number of hydrogen-bond acceptors (Lipinski definition) is 15. The van der Waals surface area contributed by atoms with Crippen molar-refractivity contribution in [3.05, 3.63) is 182 Å². The molecule has 17 nitrogen and oxygen atoms in total. The Balaban J connectivity index is 5.50. The molecule has 0 spiro atoms. The number of phosphoric ester groups is 2. The van der Waals surface area contributed by atoms with Gasteiger partial charge >= 0.3 is 39.5 Å². The lowest BCUT2D eigenvalue weighted by atomic mass is 10.1. The van der Waals surface area contributed by atoms with Gasteiger partial charge in [0.05, 0.1) is 26.4 Å². The van der Waals surface area contributed by atoms with Gasteiger partial charge < -0.3 is 33.8 Å². The zero-order valence-electron chi connectivity index (χ0n) is 66.9. The fraction of sp³-hybridized carbons (Fsp3) is 0.618. The number of hydrogen-bond donors (Lipinski definition) is 3. The zero-order chi connectivity index (χ0) is 78.9. The van der Waals surface area contributed by atoms with Crippen LogP contribution in [0.2, 0.25) is 0 Å². The first-order chi connectivity index (χ1) is 52.7. The van der Waals surface area contributed by atoms with Crippen LogP contribution in [-0.4, -0.2) is 96.7 Å². The summed E-state index contributed by atoms with van der Waals surface area (Å²) < 4.78 is 68.6. The number of aliphatic hydroxyl groups excluding tert-OH is 1. The average Bonchev–Trinajstić information content (AvgIpc) is 0.906. The maximum Gasteiger partial charge on any atom is 0.472 e. The van der Waals surface area contributed by atoms with Crippen LogP contribution in [0.4, 0.5) is 0 Å². The second-order valence-corrected chi connectivity index (χ2v) is 29.5. The molecule has 0 saturated carbocycles. The molecule has 0 aliphatic rings. The second kappa shape index (κ2) is 79.3. The molecule has 108 heavy (non-hydrogen) atoms. The van der Waals surface area contributed by atoms with E-state index in [0.29, 0.717) is 32.1 Å². The number of carbonyl (C=O) groups is 4. The first-order valence-corrected chi connectivity index (χ1v) is 44.0. The predicted octanol–water partition coefficient (Wildman–Crippen LogP) is 24.3. The summed E-state index contributed by atoms with van der Waals surface area (Å²) in [6, 6.07) is 0. The molecule has 0 fully saturated rings. The highest BCUT2D eigenvalue weighted by atomic mass is 31.2. The third-order valence-electron chi connectivity index (χ3n) is 16.3. The molecule has 0 aromatic carbocycles. The van der Waals surface area contributed by atoms with Crippen molar-refractivity contribution in [2.75, 3.05) is 39.6 Å². The summed E-state index contributed by atoms with van der Waals surface area (Å²) in [4.78, 5) is 73.1. The second-order valence-electron chi connectivity index (χ2n) is 26.6. The van der Waals surface area contributed by atoms with Crippen LogP contribution in [0.5, 0.6) is 0 Å². The van der Waals surface area contributed by atoms with E-state index in [1.807, 2.05) is 12.2 Å². The molecule has 0 rings (SSSR count). The summed E-state index contributed by atoms with van der Waals surface area (Å²) in [5.74, 6) is -2.33. The highest BCUT2D eigenvalue weighted by molar-refractivity contribution is 7.47. The first-order valence-electron chi connectivity index (χ1n) is 41.0. The van der Waals surface area contributed by atoms with E-state index in [2.05, 4.69) is 198 Å². The number of phosphoric acid groups is 2. The van der Waals surface area contributed by atoms with Gasteiger partial charge in [0.1, 0.15) is 19.3 Å². The Morgan fingerprint density at radius 1 is 0.269 bits per heavy atom. The van der Waals surface area contributed by atoms with E-state index in [1.54, 1.807) is 0 Å². The molecular formula is C89H144O17P2. The topological polar surface area (TPSA) is 237 Å². The van der Waals surface area contributed by atoms with E-state index >= 15 is 0 Å². The molecule has 0 aliphatic heterocycles. The molecule has 3 N–H and O–H groups in total. The van der Waals surface area contributed by atoms with Crippen LogP contribution in [-0.2, 0) is 65.4 Å². The third-order valence-corrected chi connectivity index (χ3v) is 18.2. The molecule has 0 amide bonds. The van der Waals surface area contributed by atoms with E-state index in [1.165, 1.54) is 38.5 Å². The Morgan fingerprint density at radius 3 is 0.796 bits per heavy atom. The van der Waals surface area contributed by atoms with Crippen LogP contribution in [0.3, 0.4) is 0 Å². The Hall–Kier alpha value is -5.84. The van der Waals surface area contributed by atoms with E-state index in [9.17, 15) is 43.2 Å². The van der Waals surface area contributed by atoms with Gasteiger partial charge in [-0.25, -0.2) is 9.13 Å². The van der Waals surface area contributed by atoms with Crippen molar-refractivity contribution in [3.8, 4) is 0 Å². The molecule has 0 aromatic heterocycles. The van der Waals surface area contributed by atoms with Gasteiger partial charge in [-0.15, -0.1) is 0 Å². The lowest BCUT2D eigenvalue weighted by Crippen LogP contribution is -2.30. The number of allylic oxidation sites excluding steroid dienone is 30. The molecule has 0 radical (unpaired) electrons. The number of rotatable bonds is 75. The smallest absolute Gasteiger partial charge is 0.462 e. The van der Waals surface area contributed by atoms with Crippen molar-refractivity contribution in [3.63, 3.8) is 0 Å². The molecule has 0 aromatic rings. The molecule has 19 heteroatoms. The predicted molar refractivity (Wildman–Crippen MR) is 445 cm³/mol. The van der Waals surface area contributed by atoms with E-state index < -0.39 is 97.5 Å². The highest BCUT2D eigenvalue weighted by Gasteiger charge is 2.30. The summed E-state index contributed by atoms with van der Waals surface area (Å²) in [7, 11) is -10.0. The lowest BCUT2D eigenvalue weighted by Gasteiger charge is -2.21. The standard InChI is InChI=1S/C89H144O17P2/c1-5-9-13-17-21-25-29-33-37-40-41-44-47-50-54-58-62-66-70-74-87(92)100-80-85(106-89(94)76-72-68-64-60-56-52-48-43-39-35-31-27-23-19-15-11-7-3)82-104-108(97,98)102-78-83(90)77-101-107(95,96)103-81-84(105-88(93)75-71-67-63-59-55-51-45-36-32-28-24-20-16-12-8-4)79-99-86(91)73-69-65-61-57-53-49-46-42-38-34-30-26-22-18-14-10-6-2/h9-11,13-15,21-23,25-27,33-39,41,44-46,48-50,52,54,60,64,83-85,90H,5-8,12,16-20,24,28-32,40,42-43,47,51,53,55-59,61-63,65-82H2,1-4H3,(H,95,96)(H,97,98)/b13-9-,14-10-,15-11-,25-21-,26-22-,27-23-,37-33-,38-34-,39-35-,44-41-,45-36-,49-46-,52-48-,54-50-,64-60-. The Bertz CT molecular complexity index is 2760. The largest absolute Gasteiger partial charge is 0.472 e. The maximum absolute atomic E-state index is 13.1. The molecule has 612 valence electrons. The molecule has 5 atom stereocenters. The molecule has 0 saturated heterocycles. The Morgan fingerprint density at radius 2 is 0.491 bits per heavy atom. The van der Waals surface area contributed by atoms with E-state index in [-0.39, 0.29) is 25.7 Å². The van der Waals surface area contributed by atoms with Crippen molar-refractivity contribution in [2.24, 2.45) is 0 Å². The number of esters is 4. The highest BCUT2D eigenvalue weighted by Crippen LogP contribution is 2.45. The summed E-state index contributed by atoms with van der Waals surface area (Å²) in [5.41, 5.74) is 0. The summed E-state index contributed by atoms with van der Waals surface area (Å²) in [6.07, 6.45) is 95.9. The summed E-state index contributed by atoms with van der Waals surface area (Å²) >= 11 is 0. The van der Waals surface area contributed by atoms with Gasteiger partial charge in [-0.1, -0.05) is 281 Å². The lowest BCUT2D eigenvalue weighted by molar-refractivity contribution is -0.161. The molecule has 0 heterocycles. The summed E-state index contributed by atoms with van der Waals surface area (Å²) in [6.45, 7) is 4.38. The van der Waals surface area contributed by atoms with Gasteiger partial charge in [0, 0.05) is 25.7 Å². The van der Waals surface area contributed by atoms with Gasteiger partial charge in [-0.2, -0.15) is 0 Å². The number of aliphatic hydroxyl groups is 1. The van der Waals surface area contributed by atoms with Crippen molar-refractivity contribution in [1.29, 1.82) is 0 Å². The monoisotopic (exact) mass is 1550 g/mol. The van der Waals surface area contributed by atoms with Gasteiger partial charge in [0.2, 0.25) is 0 Å². The van der Waals surface area contributed by atoms with Crippen LogP contribution >= 0.6 is 15.6 Å². The van der Waals surface area contributed by atoms with Gasteiger partial charge in [0.25, 0.3) is 0 Å². The normalized spacial score (nSPS) is 14.8. The van der Waals surface area contributed by atoms with Gasteiger partial charge in [-0.05, 0) is 173 Å². The summed E-state index contributed by atoms with van der Waals surface area (Å²) in [5, 5.41) is 10.7. The average molecular weight is 1550 g/mol. The number of unbranched alkanes of at least 4 members (excludes halogenated alkanes) is 19. The van der Waals surface area contributed by atoms with Crippen LogP contribution in [0.15, 0.2) is 182 Å². The molecule has 0 aliphatic carbocycles. The minimum Gasteiger partial charge on any atom is -0.462 e. The quantitative estimate of drug-likeness (QED) is 0.0169. The minimum atomic E-state index is -5.01. The van der Waals surface area contributed by atoms with E-state index in [4.69, 9.17) is 37.0 Å². The third kappa shape index (κ3) is 78.3. The maximum atomic E-state index is 13.1. The zero-order valence-corrected chi connectivity index (χ0v) is 68.7. The fourth-order valence-corrected chi connectivity index (χ4v) is 11.8. The van der Waals surface area contributed by atoms with Crippen LogP contribution in [0.25, 0.3) is 0 Å². The first kappa shape index (κ1) is 102. The van der Waals surface area contributed by atoms with Crippen LogP contribution < -0.4 is 0 Å². The van der Waals surface area contributed by atoms with Crippen molar-refractivity contribution < 1.29 is 80.2 Å². The van der Waals surface area contributed by atoms with Crippen LogP contribution in [0.1, 0.15) is 297 Å². The fourth-order valence-electron chi connectivity index (χ4n) is 10.2. The SMILES string of the molecule is CC/C=C\C/C=C\C/C=C\C/C=C\C/C=C\CCCCCC(=O)OCC(COP(=O)(O)OCC(O)COP(=O)(O)OCC(COC(=O)CCCCCC/C=C\C/C=C\C/C=C\C/C=C\CC)OC(=O)CCCCCCC/C=C\CCCCCCCC)OC(=O)CCC/C=C\C/C=C\C/C=C\C/C=C\C/C=C\CC. The van der Waals surface area contributed by atoms with Gasteiger partial charge in [-0.3, -0.25) is 37.3 Å². The minimum absolute atomic E-state index is 0.00125. The van der Waals surface area contributed by atoms with Crippen molar-refractivity contribution in [1.82, 2.24) is 0 Å². The van der Waals surface area contributed by atoms with Crippen molar-refractivity contribution >= 4 is 39.5 Å².